The van der Waals surface area contributed by atoms with Gasteiger partial charge in [0.15, 0.2) is 11.0 Å². The van der Waals surface area contributed by atoms with Crippen molar-refractivity contribution in [2.75, 3.05) is 19.6 Å². The molecule has 8 nitrogen and oxygen atoms in total. The van der Waals surface area contributed by atoms with Gasteiger partial charge >= 0.3 is 0 Å². The van der Waals surface area contributed by atoms with Crippen LogP contribution in [0.1, 0.15) is 19.5 Å². The van der Waals surface area contributed by atoms with Crippen LogP contribution < -0.4 is 4.72 Å². The van der Waals surface area contributed by atoms with Gasteiger partial charge in [-0.15, -0.1) is 0 Å². The lowest BCUT2D eigenvalue weighted by molar-refractivity contribution is 0.197. The van der Waals surface area contributed by atoms with Gasteiger partial charge < -0.3 is 10.1 Å². The predicted octanol–water partition coefficient (Wildman–Crippen LogP) is 1.81. The summed E-state index contributed by atoms with van der Waals surface area (Å²) >= 11 is 6.28. The van der Waals surface area contributed by atoms with Crippen LogP contribution in [0.4, 0.5) is 4.39 Å². The average Bonchev–Trinajstić information content (AvgIpc) is 3.02. The van der Waals surface area contributed by atoms with Crippen molar-refractivity contribution in [1.29, 1.82) is 0 Å². The van der Waals surface area contributed by atoms with Crippen LogP contribution in [0, 0.1) is 11.7 Å². The topological polar surface area (TPSA) is 111 Å². The molecule has 152 valence electrons. The van der Waals surface area contributed by atoms with Crippen molar-refractivity contribution in [3.05, 3.63) is 41.1 Å². The molecule has 3 heterocycles. The first-order chi connectivity index (χ1) is 13.2. The summed E-state index contributed by atoms with van der Waals surface area (Å²) in [4.78, 5) is 11.3. The number of nitrogens with zero attached hydrogens (tertiary/aromatic N) is 3. The second kappa shape index (κ2) is 8.26. The van der Waals surface area contributed by atoms with Crippen molar-refractivity contribution in [2.24, 2.45) is 5.92 Å². The molecule has 1 aliphatic rings. The van der Waals surface area contributed by atoms with E-state index in [-0.39, 0.29) is 30.7 Å². The van der Waals surface area contributed by atoms with Crippen LogP contribution >= 0.6 is 11.6 Å². The highest BCUT2D eigenvalue weighted by Crippen LogP contribution is 2.33. The molecule has 0 spiro atoms. The number of nitrogens with one attached hydrogen (secondary N) is 2. The Balaban J connectivity index is 1.81. The van der Waals surface area contributed by atoms with E-state index in [0.29, 0.717) is 17.2 Å². The number of H-pyrrole nitrogens is 1. The molecule has 0 bridgehead atoms. The molecule has 11 heteroatoms. The van der Waals surface area contributed by atoms with Crippen LogP contribution in [-0.2, 0) is 10.2 Å². The maximum absolute atomic E-state index is 13.1. The number of aliphatic hydroxyl groups is 1. The first-order valence-electron chi connectivity index (χ1n) is 8.68. The minimum absolute atomic E-state index is 0.0514. The van der Waals surface area contributed by atoms with Crippen molar-refractivity contribution >= 4 is 27.4 Å². The van der Waals surface area contributed by atoms with Gasteiger partial charge in [-0.1, -0.05) is 24.6 Å². The number of pyridine rings is 1. The zero-order valence-electron chi connectivity index (χ0n) is 15.4. The van der Waals surface area contributed by atoms with E-state index in [1.54, 1.807) is 6.08 Å². The highest BCUT2D eigenvalue weighted by molar-refractivity contribution is 7.87. The number of hydrogen-bond donors (Lipinski definition) is 3. The summed E-state index contributed by atoms with van der Waals surface area (Å²) in [5.41, 5.74) is 1.88. The fourth-order valence-corrected chi connectivity index (χ4v) is 4.49. The van der Waals surface area contributed by atoms with Gasteiger partial charge in [0.25, 0.3) is 10.2 Å². The standard InChI is InChI=1S/C17H21ClFN5O3S/c1-10-9-24(28(26,27)21-7-11(2)25)6-5-13(10)15-16(18)23-17(22-15)14-4-3-12(19)8-20-14/h3-5,8,10-11,21,25H,6-7,9H2,1-2H3,(H,22,23)/t10-,11-/m0/s1. The molecule has 0 amide bonds. The van der Waals surface area contributed by atoms with E-state index >= 15 is 0 Å². The molecule has 0 unspecified atom stereocenters. The number of hydrogen-bond acceptors (Lipinski definition) is 5. The molecule has 1 aliphatic heterocycles. The van der Waals surface area contributed by atoms with Crippen molar-refractivity contribution in [3.63, 3.8) is 0 Å². The van der Waals surface area contributed by atoms with Gasteiger partial charge in [-0.05, 0) is 30.5 Å². The molecule has 0 aliphatic carbocycles. The first-order valence-corrected chi connectivity index (χ1v) is 10.5. The Hall–Kier alpha value is -1.85. The van der Waals surface area contributed by atoms with E-state index in [9.17, 15) is 17.9 Å². The summed E-state index contributed by atoms with van der Waals surface area (Å²) < 4.78 is 41.4. The van der Waals surface area contributed by atoms with Crippen molar-refractivity contribution < 1.29 is 17.9 Å². The van der Waals surface area contributed by atoms with Crippen molar-refractivity contribution in [3.8, 4) is 11.5 Å². The Morgan fingerprint density at radius 2 is 2.25 bits per heavy atom. The van der Waals surface area contributed by atoms with E-state index < -0.39 is 22.1 Å². The Bertz CT molecular complexity index is 975. The Labute approximate surface area is 167 Å². The Morgan fingerprint density at radius 3 is 2.86 bits per heavy atom. The van der Waals surface area contributed by atoms with Gasteiger partial charge in [0.1, 0.15) is 11.5 Å². The molecule has 0 saturated carbocycles. The average molecular weight is 430 g/mol. The minimum atomic E-state index is -3.69. The van der Waals surface area contributed by atoms with Gasteiger partial charge in [0.05, 0.1) is 18.0 Å². The van der Waals surface area contributed by atoms with Gasteiger partial charge in [-0.25, -0.2) is 14.4 Å². The molecule has 3 rings (SSSR count). The van der Waals surface area contributed by atoms with E-state index in [0.717, 1.165) is 11.8 Å². The van der Waals surface area contributed by atoms with E-state index in [2.05, 4.69) is 19.7 Å². The second-order valence-corrected chi connectivity index (χ2v) is 8.81. The molecular weight excluding hydrogens is 409 g/mol. The highest BCUT2D eigenvalue weighted by atomic mass is 35.5. The maximum Gasteiger partial charge on any atom is 0.279 e. The van der Waals surface area contributed by atoms with Crippen LogP contribution in [0.2, 0.25) is 5.15 Å². The van der Waals surface area contributed by atoms with Crippen molar-refractivity contribution in [2.45, 2.75) is 20.0 Å². The molecule has 2 aromatic heterocycles. The molecule has 0 radical (unpaired) electrons. The molecule has 0 fully saturated rings. The fraction of sp³-hybridized carbons (Fsp3) is 0.412. The molecule has 3 N–H and O–H groups in total. The second-order valence-electron chi connectivity index (χ2n) is 6.69. The number of aromatic amines is 1. The third-order valence-electron chi connectivity index (χ3n) is 4.34. The van der Waals surface area contributed by atoms with Crippen LogP contribution in [-0.4, -0.2) is 58.5 Å². The summed E-state index contributed by atoms with van der Waals surface area (Å²) in [5, 5.41) is 9.53. The van der Waals surface area contributed by atoms with Crippen molar-refractivity contribution in [1.82, 2.24) is 24.0 Å². The number of aliphatic hydroxyl groups excluding tert-OH is 1. The Morgan fingerprint density at radius 1 is 1.50 bits per heavy atom. The Kier molecular flexibility index (Phi) is 6.15. The lowest BCUT2D eigenvalue weighted by atomic mass is 9.95. The van der Waals surface area contributed by atoms with Crippen LogP contribution in [0.15, 0.2) is 24.4 Å². The normalized spacial score (nSPS) is 19.5. The molecular formula is C17H21ClFN5O3S. The number of imidazole rings is 1. The lowest BCUT2D eigenvalue weighted by Gasteiger charge is -2.30. The molecule has 28 heavy (non-hydrogen) atoms. The largest absolute Gasteiger partial charge is 0.392 e. The summed E-state index contributed by atoms with van der Waals surface area (Å²) in [6, 6.07) is 2.78. The van der Waals surface area contributed by atoms with E-state index in [4.69, 9.17) is 11.6 Å². The third-order valence-corrected chi connectivity index (χ3v) is 6.13. The predicted molar refractivity (Wildman–Crippen MR) is 104 cm³/mol. The summed E-state index contributed by atoms with van der Waals surface area (Å²) in [5.74, 6) is -0.193. The van der Waals surface area contributed by atoms with Gasteiger partial charge in [0.2, 0.25) is 0 Å². The van der Waals surface area contributed by atoms with Gasteiger partial charge in [-0.2, -0.15) is 17.4 Å². The number of aromatic nitrogens is 3. The van der Waals surface area contributed by atoms with Crippen LogP contribution in [0.25, 0.3) is 17.1 Å². The van der Waals surface area contributed by atoms with Crippen LogP contribution in [0.3, 0.4) is 0 Å². The minimum Gasteiger partial charge on any atom is -0.392 e. The van der Waals surface area contributed by atoms with Gasteiger partial charge in [-0.3, -0.25) is 0 Å². The summed E-state index contributed by atoms with van der Waals surface area (Å²) in [6.45, 7) is 3.75. The molecule has 2 atom stereocenters. The quantitative estimate of drug-likeness (QED) is 0.648. The lowest BCUT2D eigenvalue weighted by Crippen LogP contribution is -2.46. The summed E-state index contributed by atoms with van der Waals surface area (Å²) in [6.07, 6.45) is 2.10. The monoisotopic (exact) mass is 429 g/mol. The zero-order chi connectivity index (χ0) is 20.5. The van der Waals surface area contributed by atoms with Gasteiger partial charge in [0, 0.05) is 19.6 Å². The summed E-state index contributed by atoms with van der Waals surface area (Å²) in [7, 11) is -3.69. The van der Waals surface area contributed by atoms with Crippen LogP contribution in [0.5, 0.6) is 0 Å². The van der Waals surface area contributed by atoms with E-state index in [1.165, 1.54) is 23.4 Å². The highest BCUT2D eigenvalue weighted by Gasteiger charge is 2.30. The fourth-order valence-electron chi connectivity index (χ4n) is 2.92. The first kappa shape index (κ1) is 20.9. The molecule has 0 aromatic carbocycles. The molecule has 2 aromatic rings. The zero-order valence-corrected chi connectivity index (χ0v) is 16.9. The van der Waals surface area contributed by atoms with E-state index in [1.807, 2.05) is 6.92 Å². The molecule has 0 saturated heterocycles. The number of halogens is 2. The SMILES string of the molecule is C[C@H](O)CNS(=O)(=O)N1CC=C(c2[nH]c(-c3ccc(F)cn3)nc2Cl)[C@@H](C)C1. The smallest absolute Gasteiger partial charge is 0.279 e. The third kappa shape index (κ3) is 4.58. The number of rotatable bonds is 6. The maximum atomic E-state index is 13.1.